The van der Waals surface area contributed by atoms with Gasteiger partial charge in [0.1, 0.15) is 6.61 Å². The first-order valence-corrected chi connectivity index (χ1v) is 6.15. The standard InChI is InChI=1S/C12H22N2O3/c1-3-4-5-6-17-7-10(15)14-8-12(2,9-14)11(13)16/h3-9H2,1-2H3,(H2,13,16). The van der Waals surface area contributed by atoms with Gasteiger partial charge < -0.3 is 15.4 Å². The summed E-state index contributed by atoms with van der Waals surface area (Å²) in [5.74, 6) is -0.398. The molecule has 2 N–H and O–H groups in total. The summed E-state index contributed by atoms with van der Waals surface area (Å²) in [5.41, 5.74) is 4.70. The minimum Gasteiger partial charge on any atom is -0.372 e. The molecule has 0 aromatic rings. The van der Waals surface area contributed by atoms with Crippen LogP contribution in [0, 0.1) is 5.41 Å². The Labute approximate surface area is 102 Å². The molecule has 1 fully saturated rings. The maximum atomic E-state index is 11.6. The molecule has 1 aliphatic heterocycles. The van der Waals surface area contributed by atoms with E-state index in [1.807, 2.05) is 0 Å². The van der Waals surface area contributed by atoms with Crippen molar-refractivity contribution in [1.29, 1.82) is 0 Å². The molecule has 0 atom stereocenters. The first-order valence-electron chi connectivity index (χ1n) is 6.15. The zero-order valence-electron chi connectivity index (χ0n) is 10.7. The molecule has 1 rings (SSSR count). The Morgan fingerprint density at radius 3 is 2.53 bits per heavy atom. The van der Waals surface area contributed by atoms with Gasteiger partial charge in [-0.15, -0.1) is 0 Å². The fourth-order valence-corrected chi connectivity index (χ4v) is 1.83. The van der Waals surface area contributed by atoms with Crippen LogP contribution >= 0.6 is 0 Å². The van der Waals surface area contributed by atoms with Crippen molar-refractivity contribution in [2.75, 3.05) is 26.3 Å². The third-order valence-corrected chi connectivity index (χ3v) is 3.15. The zero-order valence-corrected chi connectivity index (χ0v) is 10.7. The van der Waals surface area contributed by atoms with Gasteiger partial charge in [0.2, 0.25) is 11.8 Å². The average molecular weight is 242 g/mol. The van der Waals surface area contributed by atoms with E-state index in [0.29, 0.717) is 19.7 Å². The molecule has 1 heterocycles. The highest BCUT2D eigenvalue weighted by Crippen LogP contribution is 2.29. The average Bonchev–Trinajstić information content (AvgIpc) is 2.23. The molecular weight excluding hydrogens is 220 g/mol. The van der Waals surface area contributed by atoms with Crippen molar-refractivity contribution in [3.63, 3.8) is 0 Å². The van der Waals surface area contributed by atoms with Crippen molar-refractivity contribution in [3.8, 4) is 0 Å². The number of hydrogen-bond donors (Lipinski definition) is 1. The van der Waals surface area contributed by atoms with Crippen LogP contribution in [-0.2, 0) is 14.3 Å². The quantitative estimate of drug-likeness (QED) is 0.662. The van der Waals surface area contributed by atoms with Gasteiger partial charge in [-0.05, 0) is 13.3 Å². The third-order valence-electron chi connectivity index (χ3n) is 3.15. The lowest BCUT2D eigenvalue weighted by Crippen LogP contribution is -2.63. The Morgan fingerprint density at radius 2 is 2.00 bits per heavy atom. The van der Waals surface area contributed by atoms with Crippen LogP contribution in [0.1, 0.15) is 33.1 Å². The van der Waals surface area contributed by atoms with E-state index < -0.39 is 5.41 Å². The molecule has 0 aliphatic carbocycles. The van der Waals surface area contributed by atoms with Gasteiger partial charge in [-0.2, -0.15) is 0 Å². The summed E-state index contributed by atoms with van der Waals surface area (Å²) in [7, 11) is 0. The number of likely N-dealkylation sites (tertiary alicyclic amines) is 1. The number of amides is 2. The molecule has 5 heteroatoms. The second-order valence-corrected chi connectivity index (χ2v) is 4.93. The van der Waals surface area contributed by atoms with Crippen LogP contribution in [0.15, 0.2) is 0 Å². The summed E-state index contributed by atoms with van der Waals surface area (Å²) >= 11 is 0. The molecule has 98 valence electrons. The van der Waals surface area contributed by atoms with Crippen LogP contribution in [0.5, 0.6) is 0 Å². The molecule has 0 bridgehead atoms. The van der Waals surface area contributed by atoms with E-state index in [2.05, 4.69) is 6.92 Å². The number of ether oxygens (including phenoxy) is 1. The van der Waals surface area contributed by atoms with Crippen molar-refractivity contribution >= 4 is 11.8 Å². The van der Waals surface area contributed by atoms with E-state index >= 15 is 0 Å². The van der Waals surface area contributed by atoms with Crippen molar-refractivity contribution in [2.45, 2.75) is 33.1 Å². The van der Waals surface area contributed by atoms with Crippen LogP contribution < -0.4 is 5.73 Å². The number of hydrogen-bond acceptors (Lipinski definition) is 3. The molecule has 5 nitrogen and oxygen atoms in total. The van der Waals surface area contributed by atoms with Crippen LogP contribution in [0.4, 0.5) is 0 Å². The fraction of sp³-hybridized carbons (Fsp3) is 0.833. The van der Waals surface area contributed by atoms with Crippen LogP contribution in [0.3, 0.4) is 0 Å². The van der Waals surface area contributed by atoms with Gasteiger partial charge in [-0.25, -0.2) is 0 Å². The van der Waals surface area contributed by atoms with Gasteiger partial charge in [0.15, 0.2) is 0 Å². The van der Waals surface area contributed by atoms with E-state index in [0.717, 1.165) is 19.3 Å². The maximum absolute atomic E-state index is 11.6. The smallest absolute Gasteiger partial charge is 0.248 e. The van der Waals surface area contributed by atoms with Crippen molar-refractivity contribution in [3.05, 3.63) is 0 Å². The van der Waals surface area contributed by atoms with Crippen LogP contribution in [0.2, 0.25) is 0 Å². The number of unbranched alkanes of at least 4 members (excludes halogenated alkanes) is 2. The highest BCUT2D eigenvalue weighted by Gasteiger charge is 2.45. The lowest BCUT2D eigenvalue weighted by molar-refractivity contribution is -0.153. The molecule has 0 aromatic carbocycles. The van der Waals surface area contributed by atoms with Crippen molar-refractivity contribution in [2.24, 2.45) is 11.1 Å². The van der Waals surface area contributed by atoms with E-state index in [1.54, 1.807) is 11.8 Å². The molecule has 17 heavy (non-hydrogen) atoms. The molecule has 0 unspecified atom stereocenters. The first kappa shape index (κ1) is 14.0. The maximum Gasteiger partial charge on any atom is 0.248 e. The number of nitrogens with zero attached hydrogens (tertiary/aromatic N) is 1. The predicted octanol–water partition coefficient (Wildman–Crippen LogP) is 0.527. The van der Waals surface area contributed by atoms with Crippen molar-refractivity contribution in [1.82, 2.24) is 4.90 Å². The van der Waals surface area contributed by atoms with Gasteiger partial charge in [0.25, 0.3) is 0 Å². The number of rotatable bonds is 7. The van der Waals surface area contributed by atoms with E-state index in [9.17, 15) is 9.59 Å². The molecule has 0 spiro atoms. The third kappa shape index (κ3) is 3.70. The molecule has 1 aliphatic rings. The highest BCUT2D eigenvalue weighted by molar-refractivity contribution is 5.86. The normalized spacial score (nSPS) is 17.6. The number of primary amides is 1. The van der Waals surface area contributed by atoms with Gasteiger partial charge in [0.05, 0.1) is 5.41 Å². The minimum absolute atomic E-state index is 0.0553. The van der Waals surface area contributed by atoms with Gasteiger partial charge in [-0.1, -0.05) is 19.8 Å². The lowest BCUT2D eigenvalue weighted by Gasteiger charge is -2.45. The lowest BCUT2D eigenvalue weighted by atomic mass is 9.81. The first-order chi connectivity index (χ1) is 7.99. The minimum atomic E-state index is -0.544. The summed E-state index contributed by atoms with van der Waals surface area (Å²) in [4.78, 5) is 24.3. The zero-order chi connectivity index (χ0) is 12.9. The monoisotopic (exact) mass is 242 g/mol. The molecule has 2 amide bonds. The summed E-state index contributed by atoms with van der Waals surface area (Å²) in [6.45, 7) is 5.47. The Bertz CT molecular complexity index is 285. The van der Waals surface area contributed by atoms with E-state index in [-0.39, 0.29) is 18.4 Å². The Kier molecular flexibility index (Phi) is 4.93. The predicted molar refractivity (Wildman–Crippen MR) is 64.2 cm³/mol. The number of carbonyl (C=O) groups excluding carboxylic acids is 2. The van der Waals surface area contributed by atoms with Gasteiger partial charge in [-0.3, -0.25) is 9.59 Å². The van der Waals surface area contributed by atoms with Crippen LogP contribution in [0.25, 0.3) is 0 Å². The highest BCUT2D eigenvalue weighted by atomic mass is 16.5. The largest absolute Gasteiger partial charge is 0.372 e. The SMILES string of the molecule is CCCCCOCC(=O)N1CC(C)(C(N)=O)C1. The second-order valence-electron chi connectivity index (χ2n) is 4.93. The van der Waals surface area contributed by atoms with Crippen molar-refractivity contribution < 1.29 is 14.3 Å². The Morgan fingerprint density at radius 1 is 1.35 bits per heavy atom. The molecule has 0 aromatic heterocycles. The van der Waals surface area contributed by atoms with Gasteiger partial charge in [0, 0.05) is 19.7 Å². The Balaban J connectivity index is 2.13. The fourth-order valence-electron chi connectivity index (χ4n) is 1.83. The summed E-state index contributed by atoms with van der Waals surface area (Å²) < 4.78 is 5.28. The molecule has 1 saturated heterocycles. The molecule has 0 radical (unpaired) electrons. The Hall–Kier alpha value is -1.10. The summed E-state index contributed by atoms with van der Waals surface area (Å²) in [5, 5.41) is 0. The van der Waals surface area contributed by atoms with E-state index in [1.165, 1.54) is 0 Å². The topological polar surface area (TPSA) is 72.6 Å². The van der Waals surface area contributed by atoms with Gasteiger partial charge >= 0.3 is 0 Å². The summed E-state index contributed by atoms with van der Waals surface area (Å²) in [6.07, 6.45) is 3.25. The number of carbonyl (C=O) groups is 2. The molecular formula is C12H22N2O3. The number of nitrogens with two attached hydrogens (primary N) is 1. The summed E-state index contributed by atoms with van der Waals surface area (Å²) in [6, 6.07) is 0. The van der Waals surface area contributed by atoms with E-state index in [4.69, 9.17) is 10.5 Å². The second kappa shape index (κ2) is 6.00. The van der Waals surface area contributed by atoms with Crippen LogP contribution in [-0.4, -0.2) is 43.0 Å². The molecule has 0 saturated carbocycles.